The van der Waals surface area contributed by atoms with Crippen molar-refractivity contribution in [3.05, 3.63) is 0 Å². The molecule has 1 atom stereocenters. The number of piperidine rings is 1. The fourth-order valence-corrected chi connectivity index (χ4v) is 2.05. The van der Waals surface area contributed by atoms with Gasteiger partial charge in [-0.2, -0.15) is 0 Å². The molecular weight excluding hydrogens is 234 g/mol. The van der Waals surface area contributed by atoms with Crippen LogP contribution in [0.5, 0.6) is 0 Å². The number of hydrogen-bond donors (Lipinski definition) is 2. The molecule has 0 bridgehead atoms. The van der Waals surface area contributed by atoms with Crippen molar-refractivity contribution in [1.29, 1.82) is 0 Å². The van der Waals surface area contributed by atoms with Crippen molar-refractivity contribution >= 4 is 23.2 Å². The summed E-state index contributed by atoms with van der Waals surface area (Å²) in [5, 5.41) is 2.95. The smallest absolute Gasteiger partial charge is 0.318 e. The number of carbonyl (C=O) groups excluding carboxylic acids is 1. The molecule has 3 N–H and O–H groups in total. The summed E-state index contributed by atoms with van der Waals surface area (Å²) in [7, 11) is 0. The third-order valence-electron chi connectivity index (χ3n) is 3.70. The van der Waals surface area contributed by atoms with Gasteiger partial charge in [-0.3, -0.25) is 0 Å². The minimum Gasteiger partial charge on any atom is -0.391 e. The van der Waals surface area contributed by atoms with Crippen LogP contribution in [0.2, 0.25) is 0 Å². The first kappa shape index (κ1) is 14.2. The molecule has 0 spiro atoms. The Morgan fingerprint density at radius 2 is 2.06 bits per heavy atom. The summed E-state index contributed by atoms with van der Waals surface area (Å²) in [5.74, 6) is 0.715. The van der Waals surface area contributed by atoms with Crippen molar-refractivity contribution in [2.24, 2.45) is 11.7 Å². The monoisotopic (exact) mass is 257 g/mol. The number of hydrogen-bond acceptors (Lipinski definition) is 2. The van der Waals surface area contributed by atoms with Crippen LogP contribution in [0, 0.1) is 5.92 Å². The first-order valence-electron chi connectivity index (χ1n) is 6.26. The Kier molecular flexibility index (Phi) is 4.74. The molecule has 0 aromatic rings. The molecule has 0 aliphatic carbocycles. The van der Waals surface area contributed by atoms with Gasteiger partial charge >= 0.3 is 6.03 Å². The quantitative estimate of drug-likeness (QED) is 0.759. The second kappa shape index (κ2) is 5.67. The van der Waals surface area contributed by atoms with Crippen LogP contribution >= 0.6 is 12.2 Å². The van der Waals surface area contributed by atoms with Crippen molar-refractivity contribution in [2.75, 3.05) is 13.1 Å². The third-order valence-corrected chi connectivity index (χ3v) is 4.16. The van der Waals surface area contributed by atoms with E-state index in [9.17, 15) is 4.79 Å². The molecule has 0 aromatic carbocycles. The van der Waals surface area contributed by atoms with Gasteiger partial charge in [0, 0.05) is 13.1 Å². The summed E-state index contributed by atoms with van der Waals surface area (Å²) in [6, 6.07) is -0.0472. The molecule has 1 heterocycles. The highest BCUT2D eigenvalue weighted by molar-refractivity contribution is 7.80. The fraction of sp³-hybridized carbons (Fsp3) is 0.833. The first-order valence-corrected chi connectivity index (χ1v) is 6.67. The van der Waals surface area contributed by atoms with Gasteiger partial charge in [-0.25, -0.2) is 4.79 Å². The van der Waals surface area contributed by atoms with Gasteiger partial charge in [0.05, 0.1) is 10.5 Å². The Morgan fingerprint density at radius 3 is 2.47 bits per heavy atom. The zero-order valence-electron chi connectivity index (χ0n) is 11.0. The van der Waals surface area contributed by atoms with Gasteiger partial charge in [0.2, 0.25) is 0 Å². The predicted molar refractivity (Wildman–Crippen MR) is 74.0 cm³/mol. The molecule has 1 saturated heterocycles. The lowest BCUT2D eigenvalue weighted by atomic mass is 9.98. The molecule has 1 rings (SSSR count). The lowest BCUT2D eigenvalue weighted by Crippen LogP contribution is -2.58. The molecule has 1 aliphatic heterocycles. The number of likely N-dealkylation sites (tertiary alicyclic amines) is 1. The lowest BCUT2D eigenvalue weighted by molar-refractivity contribution is 0.168. The lowest BCUT2D eigenvalue weighted by Gasteiger charge is -2.35. The summed E-state index contributed by atoms with van der Waals surface area (Å²) in [6.45, 7) is 7.71. The van der Waals surface area contributed by atoms with Gasteiger partial charge in [0.1, 0.15) is 0 Å². The zero-order chi connectivity index (χ0) is 13.1. The van der Waals surface area contributed by atoms with Gasteiger partial charge in [-0.15, -0.1) is 0 Å². The van der Waals surface area contributed by atoms with Gasteiger partial charge in [0.25, 0.3) is 0 Å². The first-order chi connectivity index (χ1) is 7.89. The van der Waals surface area contributed by atoms with E-state index in [1.807, 2.05) is 18.7 Å². The van der Waals surface area contributed by atoms with Crippen LogP contribution in [0.4, 0.5) is 4.79 Å². The molecule has 5 heteroatoms. The number of thiocarbonyl (C=S) groups is 1. The van der Waals surface area contributed by atoms with Crippen LogP contribution in [-0.2, 0) is 0 Å². The summed E-state index contributed by atoms with van der Waals surface area (Å²) < 4.78 is 0. The van der Waals surface area contributed by atoms with Gasteiger partial charge in [-0.05, 0) is 32.1 Å². The Bertz CT molecular complexity index is 300. The molecule has 2 amide bonds. The molecule has 1 fully saturated rings. The highest BCUT2D eigenvalue weighted by Crippen LogP contribution is 2.17. The van der Waals surface area contributed by atoms with E-state index in [4.69, 9.17) is 18.0 Å². The van der Waals surface area contributed by atoms with Crippen molar-refractivity contribution in [1.82, 2.24) is 10.2 Å². The summed E-state index contributed by atoms with van der Waals surface area (Å²) in [4.78, 5) is 14.3. The SMILES string of the molecule is CCC(C)(NC(=O)N1CCC(C)CC1)C(N)=S. The highest BCUT2D eigenvalue weighted by Gasteiger charge is 2.30. The number of nitrogens with zero attached hydrogens (tertiary/aromatic N) is 1. The van der Waals surface area contributed by atoms with Crippen LogP contribution in [-0.4, -0.2) is 34.5 Å². The van der Waals surface area contributed by atoms with E-state index in [0.717, 1.165) is 25.9 Å². The van der Waals surface area contributed by atoms with Crippen LogP contribution in [0.25, 0.3) is 0 Å². The topological polar surface area (TPSA) is 58.4 Å². The molecular formula is C12H23N3OS. The van der Waals surface area contributed by atoms with E-state index in [-0.39, 0.29) is 6.03 Å². The minimum atomic E-state index is -0.574. The number of urea groups is 1. The molecule has 4 nitrogen and oxygen atoms in total. The molecule has 1 unspecified atom stereocenters. The Labute approximate surface area is 109 Å². The number of nitrogens with one attached hydrogen (secondary N) is 1. The van der Waals surface area contributed by atoms with E-state index in [0.29, 0.717) is 17.3 Å². The van der Waals surface area contributed by atoms with Crippen LogP contribution in [0.1, 0.15) is 40.0 Å². The van der Waals surface area contributed by atoms with Crippen molar-refractivity contribution in [2.45, 2.75) is 45.6 Å². The van der Waals surface area contributed by atoms with Gasteiger partial charge in [0.15, 0.2) is 0 Å². The molecule has 0 aromatic heterocycles. The van der Waals surface area contributed by atoms with E-state index in [1.54, 1.807) is 0 Å². The van der Waals surface area contributed by atoms with E-state index >= 15 is 0 Å². The van der Waals surface area contributed by atoms with Gasteiger partial charge < -0.3 is 16.0 Å². The minimum absolute atomic E-state index is 0.0472. The van der Waals surface area contributed by atoms with Crippen molar-refractivity contribution < 1.29 is 4.79 Å². The highest BCUT2D eigenvalue weighted by atomic mass is 32.1. The van der Waals surface area contributed by atoms with Crippen molar-refractivity contribution in [3.8, 4) is 0 Å². The van der Waals surface area contributed by atoms with Crippen LogP contribution in [0.15, 0.2) is 0 Å². The summed E-state index contributed by atoms with van der Waals surface area (Å²) >= 11 is 5.01. The van der Waals surface area contributed by atoms with E-state index in [2.05, 4.69) is 12.2 Å². The average Bonchev–Trinajstić information content (AvgIpc) is 2.29. The largest absolute Gasteiger partial charge is 0.391 e. The number of nitrogens with two attached hydrogens (primary N) is 1. The molecule has 0 saturated carbocycles. The number of rotatable bonds is 3. The fourth-order valence-electron chi connectivity index (χ4n) is 1.85. The second-order valence-electron chi connectivity index (χ2n) is 5.15. The van der Waals surface area contributed by atoms with Crippen LogP contribution < -0.4 is 11.1 Å². The van der Waals surface area contributed by atoms with Gasteiger partial charge in [-0.1, -0.05) is 26.1 Å². The number of amides is 2. The van der Waals surface area contributed by atoms with Crippen LogP contribution in [0.3, 0.4) is 0 Å². The van der Waals surface area contributed by atoms with Crippen molar-refractivity contribution in [3.63, 3.8) is 0 Å². The summed E-state index contributed by atoms with van der Waals surface area (Å²) in [6.07, 6.45) is 2.85. The maximum Gasteiger partial charge on any atom is 0.318 e. The maximum absolute atomic E-state index is 12.1. The standard InChI is InChI=1S/C12H23N3OS/c1-4-12(3,10(13)17)14-11(16)15-7-5-9(2)6-8-15/h9H,4-8H2,1-3H3,(H2,13,17)(H,14,16). The Hall–Kier alpha value is -0.840. The van der Waals surface area contributed by atoms with E-state index in [1.165, 1.54) is 0 Å². The molecule has 1 aliphatic rings. The third kappa shape index (κ3) is 3.56. The Balaban J connectivity index is 2.56. The Morgan fingerprint density at radius 1 is 1.53 bits per heavy atom. The summed E-state index contributed by atoms with van der Waals surface area (Å²) in [5.41, 5.74) is 5.11. The molecule has 98 valence electrons. The molecule has 17 heavy (non-hydrogen) atoms. The second-order valence-corrected chi connectivity index (χ2v) is 5.59. The number of carbonyl (C=O) groups is 1. The normalized spacial score (nSPS) is 20.8. The maximum atomic E-state index is 12.1. The average molecular weight is 257 g/mol. The predicted octanol–water partition coefficient (Wildman–Crippen LogP) is 1.88. The molecule has 0 radical (unpaired) electrons. The van der Waals surface area contributed by atoms with E-state index < -0.39 is 5.54 Å². The zero-order valence-corrected chi connectivity index (χ0v) is 11.8.